The topological polar surface area (TPSA) is 130 Å². The third-order valence-corrected chi connectivity index (χ3v) is 4.72. The molecule has 0 radical (unpaired) electrons. The predicted molar refractivity (Wildman–Crippen MR) is 114 cm³/mol. The van der Waals surface area contributed by atoms with E-state index in [2.05, 4.69) is 31.6 Å². The molecule has 3 heterocycles. The van der Waals surface area contributed by atoms with Gasteiger partial charge in [-0.2, -0.15) is 10.4 Å². The number of benzene rings is 1. The van der Waals surface area contributed by atoms with Gasteiger partial charge < -0.3 is 14.5 Å². The van der Waals surface area contributed by atoms with Gasteiger partial charge in [0.1, 0.15) is 23.9 Å². The Morgan fingerprint density at radius 3 is 3.00 bits per heavy atom. The second-order valence-electron chi connectivity index (χ2n) is 7.16. The third-order valence-electron chi connectivity index (χ3n) is 4.72. The number of nitrogens with zero attached hydrogens (tertiary/aromatic N) is 4. The fourth-order valence-electron chi connectivity index (χ4n) is 3.04. The zero-order valence-electron chi connectivity index (χ0n) is 17.5. The van der Waals surface area contributed by atoms with Crippen molar-refractivity contribution in [2.75, 3.05) is 0 Å². The molecule has 9 heteroatoms. The quantitative estimate of drug-likeness (QED) is 0.459. The first-order chi connectivity index (χ1) is 15.5. The Morgan fingerprint density at radius 2 is 2.19 bits per heavy atom. The van der Waals surface area contributed by atoms with Gasteiger partial charge in [-0.05, 0) is 55.8 Å². The molecule has 0 aliphatic heterocycles. The SMILES string of the molecule is Cc1ccnc(-c2n[nH]c(C(C)NC(=O)c3occc3COc3cccc(C#N)c3)n2)c1. The second kappa shape index (κ2) is 9.14. The van der Waals surface area contributed by atoms with Crippen LogP contribution in [-0.2, 0) is 6.61 Å². The van der Waals surface area contributed by atoms with Crippen molar-refractivity contribution < 1.29 is 13.9 Å². The van der Waals surface area contributed by atoms with E-state index in [0.717, 1.165) is 5.56 Å². The second-order valence-corrected chi connectivity index (χ2v) is 7.16. The zero-order valence-corrected chi connectivity index (χ0v) is 17.5. The van der Waals surface area contributed by atoms with Gasteiger partial charge in [-0.1, -0.05) is 6.07 Å². The lowest BCUT2D eigenvalue weighted by Gasteiger charge is -2.11. The van der Waals surface area contributed by atoms with Gasteiger partial charge in [0.05, 0.1) is 23.9 Å². The van der Waals surface area contributed by atoms with E-state index in [1.54, 1.807) is 43.5 Å². The van der Waals surface area contributed by atoms with Gasteiger partial charge in [0.25, 0.3) is 5.91 Å². The maximum atomic E-state index is 12.8. The molecule has 1 unspecified atom stereocenters. The van der Waals surface area contributed by atoms with Crippen molar-refractivity contribution in [2.45, 2.75) is 26.5 Å². The zero-order chi connectivity index (χ0) is 22.5. The molecular weight excluding hydrogens is 408 g/mol. The summed E-state index contributed by atoms with van der Waals surface area (Å²) in [7, 11) is 0. The minimum Gasteiger partial charge on any atom is -0.489 e. The van der Waals surface area contributed by atoms with Crippen LogP contribution in [0.15, 0.2) is 59.3 Å². The molecule has 0 fully saturated rings. The number of nitriles is 1. The molecule has 0 saturated carbocycles. The number of ether oxygens (including phenoxy) is 1. The van der Waals surface area contributed by atoms with Crippen LogP contribution in [0.3, 0.4) is 0 Å². The monoisotopic (exact) mass is 428 g/mol. The molecule has 9 nitrogen and oxygen atoms in total. The highest BCUT2D eigenvalue weighted by Crippen LogP contribution is 2.19. The number of amides is 1. The first-order valence-electron chi connectivity index (χ1n) is 9.89. The van der Waals surface area contributed by atoms with E-state index < -0.39 is 11.9 Å². The Balaban J connectivity index is 1.41. The number of hydrogen-bond donors (Lipinski definition) is 2. The van der Waals surface area contributed by atoms with E-state index in [-0.39, 0.29) is 12.4 Å². The van der Waals surface area contributed by atoms with Crippen LogP contribution in [0.4, 0.5) is 0 Å². The molecule has 32 heavy (non-hydrogen) atoms. The fourth-order valence-corrected chi connectivity index (χ4v) is 3.04. The Morgan fingerprint density at radius 1 is 1.31 bits per heavy atom. The van der Waals surface area contributed by atoms with E-state index in [4.69, 9.17) is 14.4 Å². The number of H-pyrrole nitrogens is 1. The van der Waals surface area contributed by atoms with Crippen molar-refractivity contribution in [3.8, 4) is 23.3 Å². The molecule has 0 spiro atoms. The lowest BCUT2D eigenvalue weighted by Crippen LogP contribution is -2.28. The highest BCUT2D eigenvalue weighted by Gasteiger charge is 2.21. The van der Waals surface area contributed by atoms with Gasteiger partial charge in [0.2, 0.25) is 0 Å². The van der Waals surface area contributed by atoms with Gasteiger partial charge >= 0.3 is 0 Å². The highest BCUT2D eigenvalue weighted by atomic mass is 16.5. The normalized spacial score (nSPS) is 11.5. The van der Waals surface area contributed by atoms with Crippen molar-refractivity contribution in [1.29, 1.82) is 5.26 Å². The minimum absolute atomic E-state index is 0.119. The molecule has 160 valence electrons. The van der Waals surface area contributed by atoms with E-state index >= 15 is 0 Å². The van der Waals surface area contributed by atoms with Gasteiger partial charge in [-0.3, -0.25) is 14.9 Å². The van der Waals surface area contributed by atoms with Crippen molar-refractivity contribution in [3.63, 3.8) is 0 Å². The minimum atomic E-state index is -0.445. The van der Waals surface area contributed by atoms with Gasteiger partial charge in [0, 0.05) is 11.8 Å². The van der Waals surface area contributed by atoms with Crippen molar-refractivity contribution in [3.05, 3.63) is 83.2 Å². The summed E-state index contributed by atoms with van der Waals surface area (Å²) in [4.78, 5) is 21.5. The summed E-state index contributed by atoms with van der Waals surface area (Å²) in [5.74, 6) is 1.22. The Kier molecular flexibility index (Phi) is 5.94. The third kappa shape index (κ3) is 4.65. The molecule has 1 aromatic carbocycles. The summed E-state index contributed by atoms with van der Waals surface area (Å²) >= 11 is 0. The number of carbonyl (C=O) groups excluding carboxylic acids is 1. The van der Waals surface area contributed by atoms with Crippen LogP contribution in [0.25, 0.3) is 11.5 Å². The maximum Gasteiger partial charge on any atom is 0.287 e. The molecule has 0 bridgehead atoms. The molecule has 1 amide bonds. The fraction of sp³-hybridized carbons (Fsp3) is 0.174. The summed E-state index contributed by atoms with van der Waals surface area (Å²) in [6.45, 7) is 3.87. The average Bonchev–Trinajstić information content (AvgIpc) is 3.48. The standard InChI is InChI=1S/C23H20N6O3/c1-14-6-8-25-19(10-14)22-27-21(28-29-22)15(2)26-23(30)20-17(7-9-31-20)13-32-18-5-3-4-16(11-18)12-24/h3-11,15H,13H2,1-2H3,(H,26,30)(H,27,28,29). The highest BCUT2D eigenvalue weighted by molar-refractivity contribution is 5.93. The number of aromatic nitrogens is 4. The van der Waals surface area contributed by atoms with Crippen LogP contribution >= 0.6 is 0 Å². The summed E-state index contributed by atoms with van der Waals surface area (Å²) in [5, 5.41) is 18.9. The van der Waals surface area contributed by atoms with E-state index in [0.29, 0.717) is 34.2 Å². The Bertz CT molecular complexity index is 1290. The number of rotatable bonds is 7. The summed E-state index contributed by atoms with van der Waals surface area (Å²) < 4.78 is 11.1. The molecule has 4 aromatic rings. The lowest BCUT2D eigenvalue weighted by molar-refractivity contribution is 0.0906. The van der Waals surface area contributed by atoms with Crippen LogP contribution in [-0.4, -0.2) is 26.1 Å². The van der Waals surface area contributed by atoms with Crippen molar-refractivity contribution in [1.82, 2.24) is 25.5 Å². The Labute approximate surface area is 184 Å². The summed E-state index contributed by atoms with van der Waals surface area (Å²) in [5.41, 5.74) is 2.78. The first-order valence-corrected chi connectivity index (χ1v) is 9.89. The number of aryl methyl sites for hydroxylation is 1. The van der Waals surface area contributed by atoms with Gasteiger partial charge in [0.15, 0.2) is 11.6 Å². The van der Waals surface area contributed by atoms with Crippen LogP contribution in [0.1, 0.15) is 46.0 Å². The van der Waals surface area contributed by atoms with Gasteiger partial charge in [-0.15, -0.1) is 0 Å². The molecule has 0 saturated heterocycles. The average molecular weight is 428 g/mol. The van der Waals surface area contributed by atoms with Crippen molar-refractivity contribution in [2.24, 2.45) is 0 Å². The summed E-state index contributed by atoms with van der Waals surface area (Å²) in [6.07, 6.45) is 3.13. The lowest BCUT2D eigenvalue weighted by atomic mass is 10.2. The van der Waals surface area contributed by atoms with Crippen molar-refractivity contribution >= 4 is 5.91 Å². The summed E-state index contributed by atoms with van der Waals surface area (Å²) in [6, 6.07) is 13.9. The molecule has 1 atom stereocenters. The molecule has 0 aliphatic carbocycles. The molecule has 2 N–H and O–H groups in total. The largest absolute Gasteiger partial charge is 0.489 e. The first kappa shape index (κ1) is 20.8. The van der Waals surface area contributed by atoms with E-state index in [1.807, 2.05) is 19.1 Å². The predicted octanol–water partition coefficient (Wildman–Crippen LogP) is 3.71. The maximum absolute atomic E-state index is 12.8. The number of aromatic amines is 1. The Hall–Kier alpha value is -4.45. The molecule has 0 aliphatic rings. The number of carbonyl (C=O) groups is 1. The number of furan rings is 1. The molecule has 3 aromatic heterocycles. The van der Waals surface area contributed by atoms with E-state index in [1.165, 1.54) is 6.26 Å². The number of nitrogens with one attached hydrogen (secondary N) is 2. The van der Waals surface area contributed by atoms with E-state index in [9.17, 15) is 4.79 Å². The van der Waals surface area contributed by atoms with Crippen LogP contribution in [0.2, 0.25) is 0 Å². The van der Waals surface area contributed by atoms with Crippen LogP contribution in [0, 0.1) is 18.3 Å². The van der Waals surface area contributed by atoms with Crippen LogP contribution in [0.5, 0.6) is 5.75 Å². The number of pyridine rings is 1. The smallest absolute Gasteiger partial charge is 0.287 e. The van der Waals surface area contributed by atoms with Crippen LogP contribution < -0.4 is 10.1 Å². The number of hydrogen-bond acceptors (Lipinski definition) is 7. The van der Waals surface area contributed by atoms with Gasteiger partial charge in [-0.25, -0.2) is 4.98 Å². The molecule has 4 rings (SSSR count). The molecular formula is C23H20N6O3.